The molecule has 5 nitrogen and oxygen atoms in total. The van der Waals surface area contributed by atoms with E-state index in [2.05, 4.69) is 5.10 Å². The average Bonchev–Trinajstić information content (AvgIpc) is 3.11. The van der Waals surface area contributed by atoms with Gasteiger partial charge in [0, 0.05) is 5.56 Å². The van der Waals surface area contributed by atoms with Crippen molar-refractivity contribution in [1.29, 1.82) is 0 Å². The van der Waals surface area contributed by atoms with E-state index in [-0.39, 0.29) is 24.1 Å². The maximum Gasteiger partial charge on any atom is 0.358 e. The van der Waals surface area contributed by atoms with Gasteiger partial charge < -0.3 is 9.47 Å². The summed E-state index contributed by atoms with van der Waals surface area (Å²) in [5, 5.41) is 4.32. The summed E-state index contributed by atoms with van der Waals surface area (Å²) in [6, 6.07) is 15.5. The standard InChI is InChI=1S/C22H21FN2O3/c1-2-27-22(26)19-14-21(25(24-19)20-12-4-3-11-18(20)23)15-7-5-10-17(13-15)28-16-8-6-9-16/h3-5,7,10-14,16H,2,6,8-9H2,1H3. The monoisotopic (exact) mass is 380 g/mol. The van der Waals surface area contributed by atoms with Crippen molar-refractivity contribution in [1.82, 2.24) is 9.78 Å². The number of esters is 1. The number of rotatable bonds is 6. The van der Waals surface area contributed by atoms with E-state index in [4.69, 9.17) is 9.47 Å². The molecule has 1 aromatic heterocycles. The Balaban J connectivity index is 1.77. The molecule has 0 N–H and O–H groups in total. The van der Waals surface area contributed by atoms with Crippen LogP contribution in [0, 0.1) is 5.82 Å². The first-order valence-electron chi connectivity index (χ1n) is 9.45. The largest absolute Gasteiger partial charge is 0.490 e. The maximum absolute atomic E-state index is 14.4. The van der Waals surface area contributed by atoms with Crippen LogP contribution in [0.15, 0.2) is 54.6 Å². The summed E-state index contributed by atoms with van der Waals surface area (Å²) in [5.41, 5.74) is 1.76. The van der Waals surface area contributed by atoms with Crippen molar-refractivity contribution in [3.05, 3.63) is 66.1 Å². The smallest absolute Gasteiger partial charge is 0.358 e. The van der Waals surface area contributed by atoms with Gasteiger partial charge in [0.2, 0.25) is 0 Å². The predicted octanol–water partition coefficient (Wildman–Crippen LogP) is 4.79. The molecular formula is C22H21FN2O3. The van der Waals surface area contributed by atoms with Crippen molar-refractivity contribution >= 4 is 5.97 Å². The molecule has 0 radical (unpaired) electrons. The molecule has 28 heavy (non-hydrogen) atoms. The van der Waals surface area contributed by atoms with Crippen LogP contribution in [0.5, 0.6) is 5.75 Å². The number of hydrogen-bond acceptors (Lipinski definition) is 4. The van der Waals surface area contributed by atoms with E-state index < -0.39 is 11.8 Å². The fourth-order valence-electron chi connectivity index (χ4n) is 3.11. The normalized spacial score (nSPS) is 13.8. The first kappa shape index (κ1) is 18.2. The summed E-state index contributed by atoms with van der Waals surface area (Å²) in [5.74, 6) is -0.217. The van der Waals surface area contributed by atoms with Crippen LogP contribution in [-0.2, 0) is 4.74 Å². The molecule has 1 fully saturated rings. The van der Waals surface area contributed by atoms with Crippen LogP contribution in [0.1, 0.15) is 36.7 Å². The molecule has 3 aromatic rings. The third-order valence-electron chi connectivity index (χ3n) is 4.76. The number of carbonyl (C=O) groups is 1. The van der Waals surface area contributed by atoms with Crippen LogP contribution in [0.4, 0.5) is 4.39 Å². The van der Waals surface area contributed by atoms with Crippen LogP contribution in [0.25, 0.3) is 16.9 Å². The zero-order valence-corrected chi connectivity index (χ0v) is 15.6. The summed E-state index contributed by atoms with van der Waals surface area (Å²) < 4.78 is 26.9. The van der Waals surface area contributed by atoms with Gasteiger partial charge in [-0.3, -0.25) is 0 Å². The summed E-state index contributed by atoms with van der Waals surface area (Å²) in [7, 11) is 0. The highest BCUT2D eigenvalue weighted by atomic mass is 19.1. The molecule has 6 heteroatoms. The number of benzene rings is 2. The Hall–Kier alpha value is -3.15. The third kappa shape index (κ3) is 3.63. The number of aromatic nitrogens is 2. The van der Waals surface area contributed by atoms with E-state index in [9.17, 15) is 9.18 Å². The minimum Gasteiger partial charge on any atom is -0.490 e. The molecule has 1 heterocycles. The number of nitrogens with zero attached hydrogens (tertiary/aromatic N) is 2. The fraction of sp³-hybridized carbons (Fsp3) is 0.273. The molecule has 0 bridgehead atoms. The minimum absolute atomic E-state index is 0.130. The molecule has 144 valence electrons. The van der Waals surface area contributed by atoms with Gasteiger partial charge in [-0.1, -0.05) is 24.3 Å². The zero-order valence-electron chi connectivity index (χ0n) is 15.6. The van der Waals surface area contributed by atoms with Gasteiger partial charge in [-0.25, -0.2) is 13.9 Å². The molecule has 1 aliphatic carbocycles. The quantitative estimate of drug-likeness (QED) is 0.577. The van der Waals surface area contributed by atoms with Gasteiger partial charge in [0.15, 0.2) is 5.69 Å². The van der Waals surface area contributed by atoms with Crippen molar-refractivity contribution in [3.8, 4) is 22.7 Å². The summed E-state index contributed by atoms with van der Waals surface area (Å²) >= 11 is 0. The Morgan fingerprint density at radius 1 is 1.18 bits per heavy atom. The van der Waals surface area contributed by atoms with E-state index in [1.165, 1.54) is 17.2 Å². The molecule has 1 aliphatic rings. The molecule has 2 aromatic carbocycles. The van der Waals surface area contributed by atoms with Gasteiger partial charge in [0.1, 0.15) is 17.3 Å². The molecule has 4 rings (SSSR count). The molecule has 0 amide bonds. The van der Waals surface area contributed by atoms with Crippen molar-refractivity contribution in [3.63, 3.8) is 0 Å². The third-order valence-corrected chi connectivity index (χ3v) is 4.76. The van der Waals surface area contributed by atoms with Crippen molar-refractivity contribution < 1.29 is 18.7 Å². The van der Waals surface area contributed by atoms with Crippen LogP contribution >= 0.6 is 0 Å². The van der Waals surface area contributed by atoms with E-state index in [0.717, 1.165) is 24.2 Å². The highest BCUT2D eigenvalue weighted by molar-refractivity contribution is 5.89. The van der Waals surface area contributed by atoms with E-state index in [0.29, 0.717) is 5.69 Å². The first-order valence-corrected chi connectivity index (χ1v) is 9.45. The lowest BCUT2D eigenvalue weighted by Crippen LogP contribution is -2.24. The van der Waals surface area contributed by atoms with Gasteiger partial charge in [0.25, 0.3) is 0 Å². The summed E-state index contributed by atoms with van der Waals surface area (Å²) in [6.07, 6.45) is 3.56. The number of para-hydroxylation sites is 1. The topological polar surface area (TPSA) is 53.4 Å². The molecule has 0 saturated heterocycles. The van der Waals surface area contributed by atoms with Crippen LogP contribution < -0.4 is 4.74 Å². The Kier molecular flexibility index (Phi) is 5.10. The Morgan fingerprint density at radius 2 is 2.00 bits per heavy atom. The molecule has 0 aliphatic heterocycles. The average molecular weight is 380 g/mol. The first-order chi connectivity index (χ1) is 13.7. The second kappa shape index (κ2) is 7.84. The highest BCUT2D eigenvalue weighted by Crippen LogP contribution is 2.31. The molecule has 1 saturated carbocycles. The number of hydrogen-bond donors (Lipinski definition) is 0. The number of halogens is 1. The summed E-state index contributed by atoms with van der Waals surface area (Å²) in [4.78, 5) is 12.2. The lowest BCUT2D eigenvalue weighted by molar-refractivity contribution is 0.0519. The van der Waals surface area contributed by atoms with Crippen molar-refractivity contribution in [2.45, 2.75) is 32.3 Å². The lowest BCUT2D eigenvalue weighted by atomic mass is 9.96. The van der Waals surface area contributed by atoms with Gasteiger partial charge in [-0.05, 0) is 56.5 Å². The molecule has 0 atom stereocenters. The van der Waals surface area contributed by atoms with E-state index >= 15 is 0 Å². The predicted molar refractivity (Wildman–Crippen MR) is 103 cm³/mol. The Bertz CT molecular complexity index is 995. The Morgan fingerprint density at radius 3 is 2.71 bits per heavy atom. The minimum atomic E-state index is -0.541. The van der Waals surface area contributed by atoms with Gasteiger partial charge in [-0.15, -0.1) is 0 Å². The SMILES string of the molecule is CCOC(=O)c1cc(-c2cccc(OC3CCC3)c2)n(-c2ccccc2F)n1. The second-order valence-corrected chi connectivity index (χ2v) is 6.70. The van der Waals surface area contributed by atoms with Gasteiger partial charge in [-0.2, -0.15) is 5.10 Å². The molecule has 0 unspecified atom stereocenters. The van der Waals surface area contributed by atoms with Crippen LogP contribution in [0.2, 0.25) is 0 Å². The maximum atomic E-state index is 14.4. The van der Waals surface area contributed by atoms with Crippen molar-refractivity contribution in [2.24, 2.45) is 0 Å². The van der Waals surface area contributed by atoms with Crippen LogP contribution in [-0.4, -0.2) is 28.5 Å². The van der Waals surface area contributed by atoms with Crippen molar-refractivity contribution in [2.75, 3.05) is 6.61 Å². The van der Waals surface area contributed by atoms with E-state index in [1.807, 2.05) is 24.3 Å². The zero-order chi connectivity index (χ0) is 19.5. The van der Waals surface area contributed by atoms with Gasteiger partial charge >= 0.3 is 5.97 Å². The summed E-state index contributed by atoms with van der Waals surface area (Å²) in [6.45, 7) is 1.97. The lowest BCUT2D eigenvalue weighted by Gasteiger charge is -2.26. The van der Waals surface area contributed by atoms with Crippen LogP contribution in [0.3, 0.4) is 0 Å². The molecule has 0 spiro atoms. The highest BCUT2D eigenvalue weighted by Gasteiger charge is 2.21. The molecular weight excluding hydrogens is 359 g/mol. The van der Waals surface area contributed by atoms with E-state index in [1.54, 1.807) is 31.2 Å². The van der Waals surface area contributed by atoms with Gasteiger partial charge in [0.05, 0.1) is 18.4 Å². The number of carbonyl (C=O) groups excluding carboxylic acids is 1. The fourth-order valence-corrected chi connectivity index (χ4v) is 3.11. The Labute approximate surface area is 162 Å². The number of ether oxygens (including phenoxy) is 2. The second-order valence-electron chi connectivity index (χ2n) is 6.70.